The van der Waals surface area contributed by atoms with Crippen LogP contribution in [0.4, 0.5) is 0 Å². The van der Waals surface area contributed by atoms with Crippen LogP contribution in [0.1, 0.15) is 13.8 Å². The topological polar surface area (TPSA) is 113 Å². The SMILES string of the molecule is C/C([14CH3])=C\COP(=O)(O)OP(=O)(O)O. The Hall–Kier alpha value is -0.0000000000000000416. The zero-order valence-electron chi connectivity index (χ0n) is 7.65. The van der Waals surface area contributed by atoms with Gasteiger partial charge in [-0.15, -0.1) is 0 Å². The summed E-state index contributed by atoms with van der Waals surface area (Å²) in [5, 5.41) is 0. The van der Waals surface area contributed by atoms with Crippen LogP contribution in [0.5, 0.6) is 0 Å². The summed E-state index contributed by atoms with van der Waals surface area (Å²) in [6, 6.07) is 0. The number of hydrogen-bond acceptors (Lipinski definition) is 4. The first kappa shape index (κ1) is 14.0. The summed E-state index contributed by atoms with van der Waals surface area (Å²) in [7, 11) is -9.69. The molecule has 0 aromatic rings. The molecule has 14 heavy (non-hydrogen) atoms. The van der Waals surface area contributed by atoms with Gasteiger partial charge in [-0.2, -0.15) is 4.31 Å². The molecule has 0 bridgehead atoms. The third-order valence-corrected chi connectivity index (χ3v) is 3.09. The van der Waals surface area contributed by atoms with Gasteiger partial charge >= 0.3 is 15.6 Å². The van der Waals surface area contributed by atoms with Gasteiger partial charge in [0, 0.05) is 0 Å². The highest BCUT2D eigenvalue weighted by Gasteiger charge is 2.31. The van der Waals surface area contributed by atoms with Gasteiger partial charge in [-0.25, -0.2) is 9.13 Å². The van der Waals surface area contributed by atoms with Crippen LogP contribution >= 0.6 is 15.6 Å². The molecule has 0 radical (unpaired) electrons. The molecule has 1 unspecified atom stereocenters. The van der Waals surface area contributed by atoms with Gasteiger partial charge in [0.1, 0.15) is 0 Å². The minimum absolute atomic E-state index is 0.254. The maximum Gasteiger partial charge on any atom is 0.481 e. The standard InChI is InChI=1S/C5H12O7P2/c1-5(2)3-4-11-14(9,10)12-13(6,7)8/h3H,4H2,1-2H3,(H,9,10)(H2,6,7,8)/i1+2/b5-3-. The predicted molar refractivity (Wildman–Crippen MR) is 48.3 cm³/mol. The summed E-state index contributed by atoms with van der Waals surface area (Å²) >= 11 is 0. The monoisotopic (exact) mass is 248 g/mol. The molecule has 0 aliphatic rings. The van der Waals surface area contributed by atoms with Crippen molar-refractivity contribution in [3.8, 4) is 0 Å². The lowest BCUT2D eigenvalue weighted by Crippen LogP contribution is -1.94. The van der Waals surface area contributed by atoms with Crippen molar-refractivity contribution < 1.29 is 32.6 Å². The van der Waals surface area contributed by atoms with E-state index >= 15 is 0 Å². The zero-order valence-corrected chi connectivity index (χ0v) is 9.44. The summed E-state index contributed by atoms with van der Waals surface area (Å²) in [4.78, 5) is 25.2. The summed E-state index contributed by atoms with van der Waals surface area (Å²) in [5.74, 6) is 0. The lowest BCUT2D eigenvalue weighted by Gasteiger charge is -2.10. The molecule has 0 saturated heterocycles. The van der Waals surface area contributed by atoms with Gasteiger partial charge in [-0.05, 0) is 13.8 Å². The van der Waals surface area contributed by atoms with Crippen molar-refractivity contribution in [1.82, 2.24) is 0 Å². The Morgan fingerprint density at radius 1 is 1.43 bits per heavy atom. The van der Waals surface area contributed by atoms with Crippen molar-refractivity contribution in [2.75, 3.05) is 6.61 Å². The van der Waals surface area contributed by atoms with Crippen molar-refractivity contribution in [1.29, 1.82) is 0 Å². The van der Waals surface area contributed by atoms with Gasteiger partial charge in [0.15, 0.2) is 0 Å². The Kier molecular flexibility index (Phi) is 5.19. The van der Waals surface area contributed by atoms with Crippen molar-refractivity contribution in [3.05, 3.63) is 11.6 Å². The first-order valence-electron chi connectivity index (χ1n) is 3.50. The van der Waals surface area contributed by atoms with Gasteiger partial charge in [0.2, 0.25) is 0 Å². The molecular weight excluding hydrogens is 236 g/mol. The molecule has 0 amide bonds. The summed E-state index contributed by atoms with van der Waals surface area (Å²) in [6.07, 6.45) is 1.46. The highest BCUT2D eigenvalue weighted by molar-refractivity contribution is 7.60. The van der Waals surface area contributed by atoms with E-state index in [-0.39, 0.29) is 6.61 Å². The molecular formula is C5H12O7P2. The Labute approximate surface area is 81.2 Å². The number of rotatable bonds is 5. The minimum atomic E-state index is -5.01. The molecule has 9 heteroatoms. The Morgan fingerprint density at radius 2 is 1.93 bits per heavy atom. The molecule has 3 N–H and O–H groups in total. The number of phosphoric ester groups is 1. The Bertz CT molecular complexity index is 299. The lowest BCUT2D eigenvalue weighted by molar-refractivity contribution is 0.191. The van der Waals surface area contributed by atoms with E-state index in [0.717, 1.165) is 5.57 Å². The van der Waals surface area contributed by atoms with E-state index < -0.39 is 15.6 Å². The van der Waals surface area contributed by atoms with E-state index in [2.05, 4.69) is 8.83 Å². The highest BCUT2D eigenvalue weighted by Crippen LogP contribution is 2.57. The second kappa shape index (κ2) is 5.19. The summed E-state index contributed by atoms with van der Waals surface area (Å²) in [5.41, 5.74) is 0.834. The first-order valence-corrected chi connectivity index (χ1v) is 6.52. The van der Waals surface area contributed by atoms with Crippen LogP contribution in [-0.2, 0) is 18.0 Å². The first-order chi connectivity index (χ1) is 6.12. The minimum Gasteiger partial charge on any atom is -0.302 e. The Morgan fingerprint density at radius 3 is 2.29 bits per heavy atom. The maximum absolute atomic E-state index is 10.8. The van der Waals surface area contributed by atoms with Gasteiger partial charge in [0.25, 0.3) is 0 Å². The average Bonchev–Trinajstić information content (AvgIpc) is 1.78. The van der Waals surface area contributed by atoms with E-state index in [1.54, 1.807) is 13.8 Å². The van der Waals surface area contributed by atoms with Crippen molar-refractivity contribution in [3.63, 3.8) is 0 Å². The Balaban J connectivity index is 4.17. The predicted octanol–water partition coefficient (Wildman–Crippen LogP) is 1.18. The number of hydrogen-bond donors (Lipinski definition) is 3. The largest absolute Gasteiger partial charge is 0.481 e. The second-order valence-corrected chi connectivity index (χ2v) is 5.45. The molecule has 7 nitrogen and oxygen atoms in total. The van der Waals surface area contributed by atoms with Crippen molar-refractivity contribution in [2.45, 2.75) is 13.8 Å². The second-order valence-electron chi connectivity index (χ2n) is 2.62. The fraction of sp³-hybridized carbons (Fsp3) is 0.600. The van der Waals surface area contributed by atoms with Gasteiger partial charge in [-0.1, -0.05) is 11.6 Å². The molecule has 0 aliphatic heterocycles. The highest BCUT2D eigenvalue weighted by atomic mass is 31.3. The molecule has 0 aliphatic carbocycles. The number of phosphoric acid groups is 2. The quantitative estimate of drug-likeness (QED) is 0.494. The molecule has 0 spiro atoms. The van der Waals surface area contributed by atoms with Gasteiger partial charge in [0.05, 0.1) is 6.61 Å². The maximum atomic E-state index is 10.8. The molecule has 1 atom stereocenters. The third kappa shape index (κ3) is 8.59. The van der Waals surface area contributed by atoms with Crippen LogP contribution in [-0.4, -0.2) is 21.3 Å². The average molecular weight is 248 g/mol. The zero-order chi connectivity index (χ0) is 11.4. The van der Waals surface area contributed by atoms with Crippen LogP contribution in [0.25, 0.3) is 0 Å². The fourth-order valence-electron chi connectivity index (χ4n) is 0.456. The van der Waals surface area contributed by atoms with E-state index in [1.165, 1.54) is 6.08 Å². The fourth-order valence-corrected chi connectivity index (χ4v) is 1.98. The summed E-state index contributed by atoms with van der Waals surface area (Å²) in [6.45, 7) is 3.21. The smallest absolute Gasteiger partial charge is 0.302 e. The molecule has 0 rings (SSSR count). The van der Waals surface area contributed by atoms with Crippen LogP contribution < -0.4 is 0 Å². The van der Waals surface area contributed by atoms with E-state index in [0.29, 0.717) is 0 Å². The molecule has 0 aromatic carbocycles. The normalized spacial score (nSPS) is 17.9. The van der Waals surface area contributed by atoms with E-state index in [4.69, 9.17) is 14.7 Å². The van der Waals surface area contributed by atoms with Crippen LogP contribution in [0, 0.1) is 0 Å². The number of allylic oxidation sites excluding steroid dienone is 1. The van der Waals surface area contributed by atoms with Crippen molar-refractivity contribution >= 4 is 15.6 Å². The van der Waals surface area contributed by atoms with Crippen LogP contribution in [0.2, 0.25) is 0 Å². The molecule has 0 aromatic heterocycles. The molecule has 84 valence electrons. The molecule has 0 heterocycles. The third-order valence-electron chi connectivity index (χ3n) is 0.939. The van der Waals surface area contributed by atoms with Crippen LogP contribution in [0.3, 0.4) is 0 Å². The lowest BCUT2D eigenvalue weighted by atomic mass is 10.5. The molecule has 0 saturated carbocycles. The van der Waals surface area contributed by atoms with Gasteiger partial charge in [-0.3, -0.25) is 4.52 Å². The van der Waals surface area contributed by atoms with Gasteiger partial charge < -0.3 is 14.7 Å². The van der Waals surface area contributed by atoms with E-state index in [9.17, 15) is 9.13 Å². The van der Waals surface area contributed by atoms with Crippen molar-refractivity contribution in [2.24, 2.45) is 0 Å². The van der Waals surface area contributed by atoms with E-state index in [1.807, 2.05) is 0 Å². The molecule has 0 fully saturated rings. The summed E-state index contributed by atoms with van der Waals surface area (Å²) < 4.78 is 28.8. The van der Waals surface area contributed by atoms with Crippen LogP contribution in [0.15, 0.2) is 11.6 Å².